The molecule has 0 amide bonds. The van der Waals surface area contributed by atoms with Crippen molar-refractivity contribution in [3.05, 3.63) is 36.0 Å². The van der Waals surface area contributed by atoms with Crippen molar-refractivity contribution >= 4 is 16.0 Å². The fourth-order valence-corrected chi connectivity index (χ4v) is 2.87. The van der Waals surface area contributed by atoms with Crippen molar-refractivity contribution in [1.29, 1.82) is 0 Å². The second-order valence-electron chi connectivity index (χ2n) is 4.85. The van der Waals surface area contributed by atoms with E-state index in [1.807, 2.05) is 13.8 Å². The first-order valence-electron chi connectivity index (χ1n) is 6.51. The predicted molar refractivity (Wildman–Crippen MR) is 78.3 cm³/mol. The van der Waals surface area contributed by atoms with Gasteiger partial charge in [-0.1, -0.05) is 13.8 Å². The van der Waals surface area contributed by atoms with Gasteiger partial charge in [-0.25, -0.2) is 23.1 Å². The van der Waals surface area contributed by atoms with Gasteiger partial charge in [0, 0.05) is 24.5 Å². The van der Waals surface area contributed by atoms with Gasteiger partial charge < -0.3 is 9.73 Å². The second-order valence-corrected chi connectivity index (χ2v) is 6.50. The Labute approximate surface area is 123 Å². The third-order valence-corrected chi connectivity index (χ3v) is 4.12. The Bertz CT molecular complexity index is 695. The van der Waals surface area contributed by atoms with Gasteiger partial charge in [-0.05, 0) is 13.0 Å². The van der Waals surface area contributed by atoms with Gasteiger partial charge in [0.1, 0.15) is 16.4 Å². The Balaban J connectivity index is 2.20. The van der Waals surface area contributed by atoms with Crippen LogP contribution in [0, 0.1) is 6.92 Å². The maximum Gasteiger partial charge on any atom is 0.267 e. The van der Waals surface area contributed by atoms with Gasteiger partial charge in [-0.15, -0.1) is 0 Å². The summed E-state index contributed by atoms with van der Waals surface area (Å²) in [6.07, 6.45) is 2.93. The Morgan fingerprint density at radius 1 is 1.29 bits per heavy atom. The highest BCUT2D eigenvalue weighted by Gasteiger charge is 2.22. The van der Waals surface area contributed by atoms with Gasteiger partial charge in [0.2, 0.25) is 5.95 Å². The smallest absolute Gasteiger partial charge is 0.267 e. The van der Waals surface area contributed by atoms with E-state index < -0.39 is 10.0 Å². The van der Waals surface area contributed by atoms with Crippen molar-refractivity contribution < 1.29 is 12.8 Å². The Kier molecular flexibility index (Phi) is 4.59. The molecule has 114 valence electrons. The number of rotatable bonds is 6. The first-order valence-corrected chi connectivity index (χ1v) is 7.99. The number of hydrogen-bond acceptors (Lipinski definition) is 6. The molecule has 0 aliphatic carbocycles. The molecule has 0 saturated carbocycles. The summed E-state index contributed by atoms with van der Waals surface area (Å²) in [7, 11) is -3.76. The number of anilines is 1. The molecule has 0 fully saturated rings. The summed E-state index contributed by atoms with van der Waals surface area (Å²) in [5.74, 6) is 0.925. The molecule has 2 rings (SSSR count). The summed E-state index contributed by atoms with van der Waals surface area (Å²) < 4.78 is 32.4. The molecule has 2 aromatic rings. The van der Waals surface area contributed by atoms with Crippen LogP contribution in [0.4, 0.5) is 5.95 Å². The van der Waals surface area contributed by atoms with Gasteiger partial charge in [0.15, 0.2) is 0 Å². The van der Waals surface area contributed by atoms with Crippen LogP contribution in [0.1, 0.15) is 25.4 Å². The zero-order chi connectivity index (χ0) is 15.5. The third-order valence-electron chi connectivity index (χ3n) is 2.69. The molecule has 8 heteroatoms. The SMILES string of the molecule is Cc1oc(CNC(C)C)cc1S(=O)(=O)Nc1ncccn1. The molecule has 0 aliphatic heterocycles. The standard InChI is InChI=1S/C13H18N4O3S/c1-9(2)16-8-11-7-12(10(3)20-11)21(18,19)17-13-14-5-4-6-15-13/h4-7,9,16H,8H2,1-3H3,(H,14,15,17). The lowest BCUT2D eigenvalue weighted by molar-refractivity contribution is 0.444. The van der Waals surface area contributed by atoms with Crippen LogP contribution in [-0.4, -0.2) is 24.4 Å². The predicted octanol–water partition coefficient (Wildman–Crippen LogP) is 1.68. The first kappa shape index (κ1) is 15.5. The van der Waals surface area contributed by atoms with E-state index in [-0.39, 0.29) is 16.9 Å². The van der Waals surface area contributed by atoms with Crippen LogP contribution in [0.5, 0.6) is 0 Å². The van der Waals surface area contributed by atoms with Gasteiger partial charge in [-0.3, -0.25) is 0 Å². The summed E-state index contributed by atoms with van der Waals surface area (Å²) in [6, 6.07) is 3.40. The van der Waals surface area contributed by atoms with E-state index in [2.05, 4.69) is 20.0 Å². The summed E-state index contributed by atoms with van der Waals surface area (Å²) in [5, 5.41) is 3.17. The molecule has 0 aliphatic rings. The molecule has 7 nitrogen and oxygen atoms in total. The summed E-state index contributed by atoms with van der Waals surface area (Å²) >= 11 is 0. The number of furan rings is 1. The molecular weight excluding hydrogens is 292 g/mol. The van der Waals surface area contributed by atoms with E-state index in [0.717, 1.165) is 0 Å². The van der Waals surface area contributed by atoms with Crippen molar-refractivity contribution in [2.45, 2.75) is 38.3 Å². The number of aromatic nitrogens is 2. The Morgan fingerprint density at radius 3 is 2.57 bits per heavy atom. The molecule has 2 heterocycles. The monoisotopic (exact) mass is 310 g/mol. The largest absolute Gasteiger partial charge is 0.464 e. The van der Waals surface area contributed by atoms with E-state index >= 15 is 0 Å². The van der Waals surface area contributed by atoms with E-state index in [0.29, 0.717) is 18.1 Å². The fraction of sp³-hybridized carbons (Fsp3) is 0.385. The van der Waals surface area contributed by atoms with Crippen molar-refractivity contribution in [3.63, 3.8) is 0 Å². The minimum Gasteiger partial charge on any atom is -0.464 e. The molecule has 2 N–H and O–H groups in total. The molecular formula is C13H18N4O3S. The molecule has 0 saturated heterocycles. The molecule has 0 spiro atoms. The van der Waals surface area contributed by atoms with Gasteiger partial charge in [-0.2, -0.15) is 0 Å². The van der Waals surface area contributed by atoms with Crippen LogP contribution in [-0.2, 0) is 16.6 Å². The van der Waals surface area contributed by atoms with E-state index in [1.54, 1.807) is 13.0 Å². The van der Waals surface area contributed by atoms with Crippen LogP contribution < -0.4 is 10.0 Å². The molecule has 0 unspecified atom stereocenters. The summed E-state index contributed by atoms with van der Waals surface area (Å²) in [6.45, 7) is 6.08. The topological polar surface area (TPSA) is 97.1 Å². The van der Waals surface area contributed by atoms with Crippen molar-refractivity contribution in [3.8, 4) is 0 Å². The number of aryl methyl sites for hydroxylation is 1. The lowest BCUT2D eigenvalue weighted by Gasteiger charge is -2.04. The van der Waals surface area contributed by atoms with E-state index in [1.165, 1.54) is 18.5 Å². The molecule has 0 radical (unpaired) electrons. The van der Waals surface area contributed by atoms with Crippen LogP contribution in [0.3, 0.4) is 0 Å². The van der Waals surface area contributed by atoms with Crippen molar-refractivity contribution in [1.82, 2.24) is 15.3 Å². The highest BCUT2D eigenvalue weighted by atomic mass is 32.2. The van der Waals surface area contributed by atoms with Gasteiger partial charge in [0.05, 0.1) is 6.54 Å². The van der Waals surface area contributed by atoms with E-state index in [9.17, 15) is 8.42 Å². The number of hydrogen-bond donors (Lipinski definition) is 2. The number of nitrogens with one attached hydrogen (secondary N) is 2. The van der Waals surface area contributed by atoms with E-state index in [4.69, 9.17) is 4.42 Å². The van der Waals surface area contributed by atoms with Crippen LogP contribution >= 0.6 is 0 Å². The highest BCUT2D eigenvalue weighted by Crippen LogP contribution is 2.21. The number of sulfonamides is 1. The maximum atomic E-state index is 12.3. The highest BCUT2D eigenvalue weighted by molar-refractivity contribution is 7.92. The van der Waals surface area contributed by atoms with Gasteiger partial charge >= 0.3 is 0 Å². The third kappa shape index (κ3) is 4.02. The summed E-state index contributed by atoms with van der Waals surface area (Å²) in [5.41, 5.74) is 0. The molecule has 21 heavy (non-hydrogen) atoms. The lowest BCUT2D eigenvalue weighted by atomic mass is 10.3. The molecule has 0 bridgehead atoms. The Morgan fingerprint density at radius 2 is 1.95 bits per heavy atom. The first-order chi connectivity index (χ1) is 9.88. The van der Waals surface area contributed by atoms with Crippen molar-refractivity contribution in [2.75, 3.05) is 4.72 Å². The van der Waals surface area contributed by atoms with Crippen LogP contribution in [0.25, 0.3) is 0 Å². The van der Waals surface area contributed by atoms with Crippen LogP contribution in [0.2, 0.25) is 0 Å². The number of nitrogens with zero attached hydrogens (tertiary/aromatic N) is 2. The lowest BCUT2D eigenvalue weighted by Crippen LogP contribution is -2.21. The summed E-state index contributed by atoms with van der Waals surface area (Å²) in [4.78, 5) is 7.78. The minimum absolute atomic E-state index is 0.0277. The molecule has 2 aromatic heterocycles. The zero-order valence-electron chi connectivity index (χ0n) is 12.1. The maximum absolute atomic E-state index is 12.3. The van der Waals surface area contributed by atoms with Gasteiger partial charge in [0.25, 0.3) is 10.0 Å². The normalized spacial score (nSPS) is 11.8. The second kappa shape index (κ2) is 6.23. The zero-order valence-corrected chi connectivity index (χ0v) is 12.9. The molecule has 0 aromatic carbocycles. The minimum atomic E-state index is -3.76. The average molecular weight is 310 g/mol. The average Bonchev–Trinajstić information content (AvgIpc) is 2.79. The van der Waals surface area contributed by atoms with Crippen LogP contribution in [0.15, 0.2) is 33.8 Å². The quantitative estimate of drug-likeness (QED) is 0.842. The molecule has 0 atom stereocenters. The fourth-order valence-electron chi connectivity index (χ4n) is 1.71. The Hall–Kier alpha value is -1.93. The van der Waals surface area contributed by atoms with Crippen molar-refractivity contribution in [2.24, 2.45) is 0 Å².